The molecule has 0 spiro atoms. The minimum absolute atomic E-state index is 0.0514. The van der Waals surface area contributed by atoms with Gasteiger partial charge < -0.3 is 24.4 Å². The van der Waals surface area contributed by atoms with Gasteiger partial charge in [-0.3, -0.25) is 9.78 Å². The molecule has 0 atom stereocenters. The Hall–Kier alpha value is -3.89. The monoisotopic (exact) mass is 502 g/mol. The summed E-state index contributed by atoms with van der Waals surface area (Å²) in [6.45, 7) is 1.44. The molecule has 3 aromatic heterocycles. The molecule has 9 nitrogen and oxygen atoms in total. The maximum absolute atomic E-state index is 11.7. The van der Waals surface area contributed by atoms with Crippen molar-refractivity contribution in [2.24, 2.45) is 0 Å². The number of hydrogen-bond donors (Lipinski definition) is 2. The first-order valence-corrected chi connectivity index (χ1v) is 12.4. The number of nitrogens with one attached hydrogen (secondary N) is 2. The van der Waals surface area contributed by atoms with Crippen LogP contribution in [0.3, 0.4) is 0 Å². The molecule has 36 heavy (non-hydrogen) atoms. The van der Waals surface area contributed by atoms with Crippen molar-refractivity contribution in [1.82, 2.24) is 19.9 Å². The van der Waals surface area contributed by atoms with E-state index >= 15 is 0 Å². The summed E-state index contributed by atoms with van der Waals surface area (Å²) in [6, 6.07) is 15.8. The topological polar surface area (TPSA) is 102 Å². The van der Waals surface area contributed by atoms with Crippen molar-refractivity contribution in [2.45, 2.75) is 11.3 Å². The Bertz CT molecular complexity index is 1380. The van der Waals surface area contributed by atoms with E-state index in [1.54, 1.807) is 12.4 Å². The zero-order chi connectivity index (χ0) is 24.9. The van der Waals surface area contributed by atoms with Crippen molar-refractivity contribution in [2.75, 3.05) is 43.9 Å². The Morgan fingerprint density at radius 2 is 2.00 bits per heavy atom. The number of hydrogen-bond acceptors (Lipinski definition) is 9. The van der Waals surface area contributed by atoms with Crippen molar-refractivity contribution in [3.05, 3.63) is 60.9 Å². The molecular formula is C26H26N6O3S. The van der Waals surface area contributed by atoms with Crippen LogP contribution in [0.1, 0.15) is 6.42 Å². The summed E-state index contributed by atoms with van der Waals surface area (Å²) in [4.78, 5) is 28.7. The number of pyridine rings is 3. The molecule has 4 heterocycles. The number of fused-ring (bicyclic) bond motifs is 3. The fraction of sp³-hybridized carbons (Fsp3) is 0.231. The molecule has 2 N–H and O–H groups in total. The van der Waals surface area contributed by atoms with E-state index in [4.69, 9.17) is 14.5 Å². The van der Waals surface area contributed by atoms with E-state index in [0.29, 0.717) is 40.7 Å². The molecule has 4 aromatic rings. The van der Waals surface area contributed by atoms with Crippen molar-refractivity contribution in [3.63, 3.8) is 0 Å². The van der Waals surface area contributed by atoms with Gasteiger partial charge in [-0.05, 0) is 62.8 Å². The summed E-state index contributed by atoms with van der Waals surface area (Å²) >= 11 is 1.49. The highest BCUT2D eigenvalue weighted by Gasteiger charge is 2.21. The predicted octanol–water partition coefficient (Wildman–Crippen LogP) is 4.47. The van der Waals surface area contributed by atoms with Crippen LogP contribution in [0.25, 0.3) is 22.3 Å². The van der Waals surface area contributed by atoms with Gasteiger partial charge in [-0.25, -0.2) is 9.97 Å². The highest BCUT2D eigenvalue weighted by molar-refractivity contribution is 8.00. The summed E-state index contributed by atoms with van der Waals surface area (Å²) < 4.78 is 15.1. The second kappa shape index (κ2) is 10.8. The van der Waals surface area contributed by atoms with Crippen molar-refractivity contribution in [1.29, 1.82) is 0 Å². The summed E-state index contributed by atoms with van der Waals surface area (Å²) in [5.74, 6) is 0.844. The van der Waals surface area contributed by atoms with Crippen LogP contribution in [-0.4, -0.2) is 59.6 Å². The van der Waals surface area contributed by atoms with Crippen molar-refractivity contribution in [3.8, 4) is 22.9 Å². The molecule has 0 saturated heterocycles. The minimum Gasteiger partial charge on any atom is -0.479 e. The van der Waals surface area contributed by atoms with E-state index in [2.05, 4.69) is 24.9 Å². The predicted molar refractivity (Wildman–Crippen MR) is 141 cm³/mol. The molecule has 0 saturated carbocycles. The maximum Gasteiger partial charge on any atom is 0.262 e. The lowest BCUT2D eigenvalue weighted by Gasteiger charge is -2.18. The number of aromatic nitrogens is 3. The van der Waals surface area contributed by atoms with Gasteiger partial charge in [0.25, 0.3) is 5.91 Å². The van der Waals surface area contributed by atoms with Gasteiger partial charge in [0, 0.05) is 23.2 Å². The number of carbonyl (C=O) groups excluding carboxylic acids is 1. The van der Waals surface area contributed by atoms with Crippen LogP contribution in [0.2, 0.25) is 0 Å². The lowest BCUT2D eigenvalue weighted by molar-refractivity contribution is -0.118. The molecular weight excluding hydrogens is 476 g/mol. The Morgan fingerprint density at radius 3 is 2.83 bits per heavy atom. The molecule has 1 aliphatic rings. The molecule has 1 aromatic carbocycles. The largest absolute Gasteiger partial charge is 0.479 e. The van der Waals surface area contributed by atoms with Crippen LogP contribution in [0.4, 0.5) is 11.4 Å². The van der Waals surface area contributed by atoms with E-state index in [1.807, 2.05) is 62.6 Å². The first-order valence-electron chi connectivity index (χ1n) is 11.5. The lowest BCUT2D eigenvalue weighted by atomic mass is 10.1. The van der Waals surface area contributed by atoms with Crippen LogP contribution in [-0.2, 0) is 4.79 Å². The first kappa shape index (κ1) is 23.8. The van der Waals surface area contributed by atoms with E-state index in [0.717, 1.165) is 29.1 Å². The molecule has 10 heteroatoms. The number of anilines is 2. The van der Waals surface area contributed by atoms with Crippen molar-refractivity contribution >= 4 is 40.3 Å². The fourth-order valence-electron chi connectivity index (χ4n) is 3.70. The minimum atomic E-state index is -0.211. The molecule has 1 amide bonds. The van der Waals surface area contributed by atoms with Crippen LogP contribution >= 0.6 is 11.9 Å². The first-order chi connectivity index (χ1) is 17.6. The molecule has 1 aliphatic heterocycles. The number of nitrogens with zero attached hydrogens (tertiary/aromatic N) is 4. The second-order valence-electron chi connectivity index (χ2n) is 8.50. The number of amides is 1. The Kier molecular flexibility index (Phi) is 7.15. The van der Waals surface area contributed by atoms with Crippen molar-refractivity contribution < 1.29 is 14.3 Å². The molecule has 0 unspecified atom stereocenters. The molecule has 184 valence electrons. The van der Waals surface area contributed by atoms with E-state index in [-0.39, 0.29) is 12.5 Å². The SMILES string of the molecule is CN(C)CCCOc1ncc(-c2ccc3ncc4c(c3n2)OCC(=O)N4)cc1NSc1ccccc1. The zero-order valence-electron chi connectivity index (χ0n) is 20.0. The normalized spacial score (nSPS) is 12.7. The summed E-state index contributed by atoms with van der Waals surface area (Å²) in [5, 5.41) is 2.78. The molecule has 0 aliphatic carbocycles. The second-order valence-corrected chi connectivity index (χ2v) is 9.38. The molecule has 0 bridgehead atoms. The lowest BCUT2D eigenvalue weighted by Crippen LogP contribution is -2.25. The number of carbonyl (C=O) groups is 1. The fourth-order valence-corrected chi connectivity index (χ4v) is 4.36. The average Bonchev–Trinajstić information content (AvgIpc) is 2.90. The van der Waals surface area contributed by atoms with E-state index in [1.165, 1.54) is 11.9 Å². The van der Waals surface area contributed by atoms with Crippen LogP contribution in [0, 0.1) is 0 Å². The van der Waals surface area contributed by atoms with Crippen LogP contribution in [0.15, 0.2) is 65.8 Å². The Morgan fingerprint density at radius 1 is 1.14 bits per heavy atom. The third kappa shape index (κ3) is 5.50. The van der Waals surface area contributed by atoms with Gasteiger partial charge in [0.15, 0.2) is 12.4 Å². The number of benzene rings is 1. The van der Waals surface area contributed by atoms with Gasteiger partial charge in [-0.15, -0.1) is 0 Å². The summed E-state index contributed by atoms with van der Waals surface area (Å²) in [7, 11) is 4.08. The third-order valence-corrected chi connectivity index (χ3v) is 6.28. The smallest absolute Gasteiger partial charge is 0.262 e. The quantitative estimate of drug-likeness (QED) is 0.253. The average molecular weight is 503 g/mol. The molecule has 5 rings (SSSR count). The van der Waals surface area contributed by atoms with E-state index < -0.39 is 0 Å². The molecule has 0 fully saturated rings. The third-order valence-electron chi connectivity index (χ3n) is 5.45. The highest BCUT2D eigenvalue weighted by atomic mass is 32.2. The molecule has 0 radical (unpaired) electrons. The highest BCUT2D eigenvalue weighted by Crippen LogP contribution is 2.36. The van der Waals surface area contributed by atoms with Gasteiger partial charge >= 0.3 is 0 Å². The van der Waals surface area contributed by atoms with Gasteiger partial charge in [-0.2, -0.15) is 0 Å². The Balaban J connectivity index is 1.45. The number of rotatable bonds is 9. The van der Waals surface area contributed by atoms with E-state index in [9.17, 15) is 4.79 Å². The van der Waals surface area contributed by atoms with Crippen LogP contribution in [0.5, 0.6) is 11.6 Å². The standard InChI is InChI=1S/C26H26N6O3S/c1-32(2)11-6-12-34-26-21(31-36-18-7-4-3-5-8-18)13-17(14-28-26)19-9-10-20-24(30-19)25-22(15-27-20)29-23(33)16-35-25/h3-5,7-10,13-15,31H,6,11-12,16H2,1-2H3,(H,29,33). The maximum atomic E-state index is 11.7. The van der Waals surface area contributed by atoms with Gasteiger partial charge in [-0.1, -0.05) is 18.2 Å². The number of ether oxygens (including phenoxy) is 2. The van der Waals surface area contributed by atoms with Crippen LogP contribution < -0.4 is 19.5 Å². The van der Waals surface area contributed by atoms with Gasteiger partial charge in [0.05, 0.1) is 24.0 Å². The van der Waals surface area contributed by atoms with Gasteiger partial charge in [0.2, 0.25) is 5.88 Å². The summed E-state index contributed by atoms with van der Waals surface area (Å²) in [5.41, 5.74) is 4.06. The van der Waals surface area contributed by atoms with Gasteiger partial charge in [0.1, 0.15) is 16.9 Å². The summed E-state index contributed by atoms with van der Waals surface area (Å²) in [6.07, 6.45) is 4.23. The Labute approximate surface area is 213 Å². The zero-order valence-corrected chi connectivity index (χ0v) is 20.8.